The molecular formula is C5H6ClO2. The summed E-state index contributed by atoms with van der Waals surface area (Å²) in [6.07, 6.45) is 0. The summed E-state index contributed by atoms with van der Waals surface area (Å²) in [4.78, 5) is 10.2. The number of carbonyl (C=O) groups is 1. The topological polar surface area (TPSA) is 26.3 Å². The number of carbonyl (C=O) groups excluding carboxylic acids is 1. The van der Waals surface area contributed by atoms with E-state index in [9.17, 15) is 4.79 Å². The van der Waals surface area contributed by atoms with Gasteiger partial charge in [0.05, 0.1) is 6.61 Å². The van der Waals surface area contributed by atoms with Crippen LogP contribution in [0, 0.1) is 6.92 Å². The van der Waals surface area contributed by atoms with Crippen LogP contribution in [0.5, 0.6) is 0 Å². The molecule has 0 atom stereocenters. The van der Waals surface area contributed by atoms with Crippen LogP contribution in [-0.4, -0.2) is 12.6 Å². The molecule has 0 unspecified atom stereocenters. The lowest BCUT2D eigenvalue weighted by molar-refractivity contribution is -0.137. The molecule has 0 aliphatic carbocycles. The van der Waals surface area contributed by atoms with Crippen LogP contribution in [0.4, 0.5) is 0 Å². The van der Waals surface area contributed by atoms with Gasteiger partial charge in [0.2, 0.25) is 0 Å². The Morgan fingerprint density at radius 2 is 2.25 bits per heavy atom. The average Bonchev–Trinajstić information content (AvgIpc) is 1.67. The van der Waals surface area contributed by atoms with Gasteiger partial charge in [0.15, 0.2) is 0 Å². The fourth-order valence-corrected chi connectivity index (χ4v) is 0.226. The maximum absolute atomic E-state index is 10.2. The van der Waals surface area contributed by atoms with Crippen molar-refractivity contribution in [1.29, 1.82) is 0 Å². The average molecular weight is 134 g/mol. The molecule has 45 valence electrons. The van der Waals surface area contributed by atoms with Crippen LogP contribution in [0.2, 0.25) is 0 Å². The zero-order valence-electron chi connectivity index (χ0n) is 4.32. The summed E-state index contributed by atoms with van der Waals surface area (Å²) in [5, 5.41) is -0.117. The van der Waals surface area contributed by atoms with Crippen molar-refractivity contribution >= 4 is 17.6 Å². The first-order valence-electron chi connectivity index (χ1n) is 1.99. The predicted molar refractivity (Wildman–Crippen MR) is 31.3 cm³/mol. The molecule has 2 nitrogen and oxygen atoms in total. The van der Waals surface area contributed by atoms with Gasteiger partial charge in [-0.1, -0.05) is 18.2 Å². The highest BCUT2D eigenvalue weighted by atomic mass is 35.5. The molecule has 0 spiro atoms. The summed E-state index contributed by atoms with van der Waals surface area (Å²) < 4.78 is 4.32. The number of esters is 1. The van der Waals surface area contributed by atoms with E-state index in [4.69, 9.17) is 11.6 Å². The Morgan fingerprint density at radius 3 is 2.38 bits per heavy atom. The van der Waals surface area contributed by atoms with Gasteiger partial charge >= 0.3 is 5.97 Å². The van der Waals surface area contributed by atoms with Crippen molar-refractivity contribution in [2.75, 3.05) is 6.61 Å². The van der Waals surface area contributed by atoms with Crippen LogP contribution in [0.1, 0.15) is 0 Å². The molecule has 8 heavy (non-hydrogen) atoms. The Balaban J connectivity index is 3.49. The van der Waals surface area contributed by atoms with E-state index in [-0.39, 0.29) is 11.6 Å². The van der Waals surface area contributed by atoms with Crippen LogP contribution in [-0.2, 0) is 9.53 Å². The first kappa shape index (κ1) is 7.50. The van der Waals surface area contributed by atoms with Crippen molar-refractivity contribution in [1.82, 2.24) is 0 Å². The van der Waals surface area contributed by atoms with Gasteiger partial charge in [0.25, 0.3) is 0 Å². The molecule has 0 saturated heterocycles. The van der Waals surface area contributed by atoms with Gasteiger partial charge in [-0.25, -0.2) is 4.79 Å². The van der Waals surface area contributed by atoms with Gasteiger partial charge in [-0.05, 0) is 6.92 Å². The van der Waals surface area contributed by atoms with Crippen molar-refractivity contribution in [2.45, 2.75) is 0 Å². The van der Waals surface area contributed by atoms with E-state index in [1.165, 1.54) is 0 Å². The van der Waals surface area contributed by atoms with E-state index in [0.717, 1.165) is 0 Å². The lowest BCUT2D eigenvalue weighted by atomic mass is 10.6. The van der Waals surface area contributed by atoms with Gasteiger partial charge in [0, 0.05) is 0 Å². The van der Waals surface area contributed by atoms with Gasteiger partial charge in [-0.15, -0.1) is 0 Å². The maximum atomic E-state index is 10.2. The second-order valence-electron chi connectivity index (χ2n) is 1.04. The molecule has 0 saturated carbocycles. The van der Waals surface area contributed by atoms with Crippen molar-refractivity contribution in [3.05, 3.63) is 18.5 Å². The molecule has 0 aromatic heterocycles. The Morgan fingerprint density at radius 1 is 1.75 bits per heavy atom. The largest absolute Gasteiger partial charge is 0.461 e. The van der Waals surface area contributed by atoms with E-state index in [0.29, 0.717) is 0 Å². The summed E-state index contributed by atoms with van der Waals surface area (Å²) in [7, 11) is 0. The molecular weight excluding hydrogens is 128 g/mol. The van der Waals surface area contributed by atoms with E-state index in [1.54, 1.807) is 0 Å². The normalized spacial score (nSPS) is 8.25. The van der Waals surface area contributed by atoms with Gasteiger partial charge < -0.3 is 4.74 Å². The van der Waals surface area contributed by atoms with E-state index < -0.39 is 5.97 Å². The number of hydrogen-bond acceptors (Lipinski definition) is 2. The van der Waals surface area contributed by atoms with Crippen LogP contribution in [0.25, 0.3) is 0 Å². The smallest absolute Gasteiger partial charge is 0.349 e. The molecule has 0 aromatic rings. The zero-order chi connectivity index (χ0) is 6.57. The molecule has 0 fully saturated rings. The molecule has 0 aliphatic rings. The predicted octanol–water partition coefficient (Wildman–Crippen LogP) is 1.12. The third kappa shape index (κ3) is 2.64. The summed E-state index contributed by atoms with van der Waals surface area (Å²) >= 11 is 5.11. The fourth-order valence-electron chi connectivity index (χ4n) is 0.171. The third-order valence-electron chi connectivity index (χ3n) is 0.455. The minimum atomic E-state index is -0.610. The Labute approximate surface area is 53.1 Å². The van der Waals surface area contributed by atoms with Gasteiger partial charge in [-0.2, -0.15) is 0 Å². The number of rotatable bonds is 2. The molecule has 1 radical (unpaired) electrons. The number of hydrogen-bond donors (Lipinski definition) is 0. The first-order valence-corrected chi connectivity index (χ1v) is 2.37. The van der Waals surface area contributed by atoms with Crippen molar-refractivity contribution < 1.29 is 9.53 Å². The second kappa shape index (κ2) is 3.50. The summed E-state index contributed by atoms with van der Waals surface area (Å²) in [6.45, 7) is 6.49. The molecule has 0 aliphatic heterocycles. The summed E-state index contributed by atoms with van der Waals surface area (Å²) in [5.41, 5.74) is 0. The quantitative estimate of drug-likeness (QED) is 0.417. The second-order valence-corrected chi connectivity index (χ2v) is 1.50. The number of ether oxygens (including phenoxy) is 1. The van der Waals surface area contributed by atoms with Crippen LogP contribution < -0.4 is 0 Å². The molecule has 0 bridgehead atoms. The van der Waals surface area contributed by atoms with Crippen molar-refractivity contribution in [3.8, 4) is 0 Å². The minimum absolute atomic E-state index is 0.0879. The molecule has 3 heteroatoms. The monoisotopic (exact) mass is 133 g/mol. The van der Waals surface area contributed by atoms with Gasteiger partial charge in [0.1, 0.15) is 5.03 Å². The van der Waals surface area contributed by atoms with Crippen molar-refractivity contribution in [3.63, 3.8) is 0 Å². The Bertz CT molecular complexity index is 109. The first-order chi connectivity index (χ1) is 3.68. The van der Waals surface area contributed by atoms with E-state index in [1.807, 2.05) is 0 Å². The van der Waals surface area contributed by atoms with E-state index >= 15 is 0 Å². The Kier molecular flexibility index (Phi) is 3.28. The Hall–Kier alpha value is -0.500. The van der Waals surface area contributed by atoms with Crippen molar-refractivity contribution in [2.24, 2.45) is 0 Å². The lowest BCUT2D eigenvalue weighted by Gasteiger charge is -1.95. The van der Waals surface area contributed by atoms with Crippen LogP contribution >= 0.6 is 11.6 Å². The van der Waals surface area contributed by atoms with Crippen LogP contribution in [0.15, 0.2) is 11.6 Å². The molecule has 0 amide bonds. The standard InChI is InChI=1S/C5H6ClO2/c1-3-8-5(7)4(2)6/h1-3H2. The third-order valence-corrected chi connectivity index (χ3v) is 0.609. The van der Waals surface area contributed by atoms with Gasteiger partial charge in [-0.3, -0.25) is 0 Å². The number of halogens is 1. The summed E-state index contributed by atoms with van der Waals surface area (Å²) in [6, 6.07) is 0. The fraction of sp³-hybridized carbons (Fsp3) is 0.200. The molecule has 0 heterocycles. The SMILES string of the molecule is [CH2]COC(=O)C(=C)Cl. The molecule has 0 rings (SSSR count). The molecule has 0 aromatic carbocycles. The van der Waals surface area contributed by atoms with Crippen LogP contribution in [0.3, 0.4) is 0 Å². The summed E-state index contributed by atoms with van der Waals surface area (Å²) in [5.74, 6) is -0.610. The zero-order valence-corrected chi connectivity index (χ0v) is 5.07. The van der Waals surface area contributed by atoms with E-state index in [2.05, 4.69) is 18.2 Å². The highest BCUT2D eigenvalue weighted by Crippen LogP contribution is 1.97. The highest BCUT2D eigenvalue weighted by molar-refractivity contribution is 6.40. The minimum Gasteiger partial charge on any atom is -0.461 e. The lowest BCUT2D eigenvalue weighted by Crippen LogP contribution is -2.02. The molecule has 0 N–H and O–H groups in total. The maximum Gasteiger partial charge on any atom is 0.349 e. The highest BCUT2D eigenvalue weighted by Gasteiger charge is 2.00.